The highest BCUT2D eigenvalue weighted by Gasteiger charge is 2.04. The topological polar surface area (TPSA) is 100 Å². The molecule has 2 N–H and O–H groups in total. The van der Waals surface area contributed by atoms with Crippen LogP contribution in [-0.2, 0) is 0 Å². The predicted molar refractivity (Wildman–Crippen MR) is 92.8 cm³/mol. The van der Waals surface area contributed by atoms with Gasteiger partial charge in [0.1, 0.15) is 11.0 Å². The van der Waals surface area contributed by atoms with Crippen LogP contribution in [-0.4, -0.2) is 32.1 Å². The van der Waals surface area contributed by atoms with Crippen molar-refractivity contribution in [1.82, 2.24) is 9.97 Å². The first-order valence-corrected chi connectivity index (χ1v) is 7.55. The second kappa shape index (κ2) is 8.68. The first kappa shape index (κ1) is 19.0. The van der Waals surface area contributed by atoms with Crippen LogP contribution in [0.4, 0.5) is 4.39 Å². The van der Waals surface area contributed by atoms with Crippen molar-refractivity contribution in [2.24, 2.45) is 0 Å². The summed E-state index contributed by atoms with van der Waals surface area (Å²) in [6.07, 6.45) is 2.47. The van der Waals surface area contributed by atoms with Crippen LogP contribution in [0.5, 0.6) is 0 Å². The third-order valence-corrected chi connectivity index (χ3v) is 3.33. The molecule has 0 saturated heterocycles. The van der Waals surface area contributed by atoms with Crippen LogP contribution in [0.1, 0.15) is 20.7 Å². The summed E-state index contributed by atoms with van der Waals surface area (Å²) >= 11 is 5.41. The van der Waals surface area contributed by atoms with E-state index in [1.807, 2.05) is 0 Å². The quantitative estimate of drug-likeness (QED) is 0.671. The van der Waals surface area contributed by atoms with E-state index in [9.17, 15) is 14.0 Å². The molecule has 0 fully saturated rings. The van der Waals surface area contributed by atoms with E-state index in [0.717, 1.165) is 0 Å². The Morgan fingerprint density at radius 1 is 0.885 bits per heavy atom. The van der Waals surface area contributed by atoms with Crippen molar-refractivity contribution in [2.45, 2.75) is 0 Å². The summed E-state index contributed by atoms with van der Waals surface area (Å²) in [6.45, 7) is 0. The monoisotopic (exact) mass is 374 g/mol. The molecule has 3 aromatic rings. The van der Waals surface area contributed by atoms with Gasteiger partial charge in [0.15, 0.2) is 0 Å². The molecule has 0 atom stereocenters. The number of hydrogen-bond acceptors (Lipinski definition) is 4. The van der Waals surface area contributed by atoms with E-state index >= 15 is 0 Å². The van der Waals surface area contributed by atoms with Gasteiger partial charge in [0.25, 0.3) is 0 Å². The summed E-state index contributed by atoms with van der Waals surface area (Å²) < 4.78 is 12.9. The fourth-order valence-corrected chi connectivity index (χ4v) is 1.95. The summed E-state index contributed by atoms with van der Waals surface area (Å²) in [6, 6.07) is 11.8. The molecule has 26 heavy (non-hydrogen) atoms. The highest BCUT2D eigenvalue weighted by Crippen LogP contribution is 2.17. The summed E-state index contributed by atoms with van der Waals surface area (Å²) in [4.78, 5) is 28.4. The van der Waals surface area contributed by atoms with Gasteiger partial charge in [0.2, 0.25) is 0 Å². The molecular weight excluding hydrogens is 363 g/mol. The lowest BCUT2D eigenvalue weighted by molar-refractivity contribution is 0.0685. The lowest BCUT2D eigenvalue weighted by Gasteiger charge is -2.01. The summed E-state index contributed by atoms with van der Waals surface area (Å²) in [5.41, 5.74) is 1.42. The van der Waals surface area contributed by atoms with E-state index in [1.165, 1.54) is 42.7 Å². The first-order valence-electron chi connectivity index (χ1n) is 7.17. The van der Waals surface area contributed by atoms with Gasteiger partial charge in [-0.1, -0.05) is 23.7 Å². The fraction of sp³-hybridized carbons (Fsp3) is 0. The molecule has 0 aliphatic carbocycles. The molecule has 2 aromatic heterocycles. The van der Waals surface area contributed by atoms with Gasteiger partial charge in [0.05, 0.1) is 16.8 Å². The Morgan fingerprint density at radius 3 is 1.96 bits per heavy atom. The average Bonchev–Trinajstić information content (AvgIpc) is 2.63. The maximum Gasteiger partial charge on any atom is 0.337 e. The summed E-state index contributed by atoms with van der Waals surface area (Å²) in [7, 11) is 0. The molecule has 0 aliphatic rings. The standard InChI is InChI=1S/C12H8FNO2.C6H4ClNO2/c13-10-3-1-2-8(6-10)11-5-4-9(7-14-11)12(15)16;7-5-2-1-4(3-8-5)6(9)10/h1-7H,(H,15,16);1-3H,(H,9,10). The minimum absolute atomic E-state index is 0.111. The molecule has 132 valence electrons. The lowest BCUT2D eigenvalue weighted by atomic mass is 10.1. The first-order chi connectivity index (χ1) is 12.4. The Labute approximate surface area is 152 Å². The second-order valence-electron chi connectivity index (χ2n) is 4.92. The molecule has 0 bridgehead atoms. The minimum Gasteiger partial charge on any atom is -0.478 e. The molecule has 1 aromatic carbocycles. The average molecular weight is 375 g/mol. The third-order valence-electron chi connectivity index (χ3n) is 3.11. The van der Waals surface area contributed by atoms with Crippen molar-refractivity contribution in [1.29, 1.82) is 0 Å². The zero-order chi connectivity index (χ0) is 19.1. The van der Waals surface area contributed by atoms with Crippen molar-refractivity contribution >= 4 is 23.5 Å². The molecule has 8 heteroatoms. The van der Waals surface area contributed by atoms with Gasteiger partial charge >= 0.3 is 11.9 Å². The van der Waals surface area contributed by atoms with E-state index in [-0.39, 0.29) is 16.9 Å². The molecule has 0 aliphatic heterocycles. The van der Waals surface area contributed by atoms with E-state index < -0.39 is 11.9 Å². The molecular formula is C18H12ClFN2O4. The molecule has 0 amide bonds. The highest BCUT2D eigenvalue weighted by molar-refractivity contribution is 6.29. The van der Waals surface area contributed by atoms with E-state index in [1.54, 1.807) is 18.2 Å². The largest absolute Gasteiger partial charge is 0.478 e. The Bertz CT molecular complexity index is 915. The van der Waals surface area contributed by atoms with Crippen LogP contribution in [0, 0.1) is 5.82 Å². The maximum absolute atomic E-state index is 12.9. The number of aromatic nitrogens is 2. The van der Waals surface area contributed by atoms with Gasteiger partial charge in [-0.05, 0) is 36.4 Å². The van der Waals surface area contributed by atoms with Crippen molar-refractivity contribution in [3.63, 3.8) is 0 Å². The van der Waals surface area contributed by atoms with Crippen LogP contribution in [0.15, 0.2) is 60.9 Å². The molecule has 0 saturated carbocycles. The SMILES string of the molecule is O=C(O)c1ccc(-c2cccc(F)c2)nc1.O=C(O)c1ccc(Cl)nc1. The molecule has 2 heterocycles. The number of rotatable bonds is 3. The van der Waals surface area contributed by atoms with Crippen LogP contribution < -0.4 is 0 Å². The third kappa shape index (κ3) is 5.35. The Morgan fingerprint density at radius 2 is 1.50 bits per heavy atom. The van der Waals surface area contributed by atoms with Gasteiger partial charge in [-0.3, -0.25) is 4.98 Å². The fourth-order valence-electron chi connectivity index (χ4n) is 1.84. The Hall–Kier alpha value is -3.32. The van der Waals surface area contributed by atoms with Crippen LogP contribution in [0.2, 0.25) is 5.15 Å². The van der Waals surface area contributed by atoms with Gasteiger partial charge in [0, 0.05) is 18.0 Å². The highest BCUT2D eigenvalue weighted by atomic mass is 35.5. The number of hydrogen-bond donors (Lipinski definition) is 2. The van der Waals surface area contributed by atoms with Gasteiger partial charge in [-0.2, -0.15) is 0 Å². The smallest absolute Gasteiger partial charge is 0.337 e. The van der Waals surface area contributed by atoms with E-state index in [0.29, 0.717) is 16.4 Å². The Kier molecular flexibility index (Phi) is 6.35. The van der Waals surface area contributed by atoms with Crippen molar-refractivity contribution in [3.05, 3.63) is 83.0 Å². The number of aromatic carboxylic acids is 2. The predicted octanol–water partition coefficient (Wildman–Crippen LogP) is 4.02. The van der Waals surface area contributed by atoms with Gasteiger partial charge in [-0.25, -0.2) is 19.0 Å². The van der Waals surface area contributed by atoms with E-state index in [4.69, 9.17) is 21.8 Å². The molecule has 0 radical (unpaired) electrons. The van der Waals surface area contributed by atoms with Crippen molar-refractivity contribution in [3.8, 4) is 11.3 Å². The molecule has 3 rings (SSSR count). The van der Waals surface area contributed by atoms with Crippen LogP contribution in [0.3, 0.4) is 0 Å². The van der Waals surface area contributed by atoms with Crippen molar-refractivity contribution < 1.29 is 24.2 Å². The zero-order valence-corrected chi connectivity index (χ0v) is 13.9. The number of carboxylic acid groups (broad SMARTS) is 2. The molecule has 0 spiro atoms. The minimum atomic E-state index is -1.03. The van der Waals surface area contributed by atoms with Gasteiger partial charge < -0.3 is 10.2 Å². The lowest BCUT2D eigenvalue weighted by Crippen LogP contribution is -1.97. The number of nitrogens with zero attached hydrogens (tertiary/aromatic N) is 2. The summed E-state index contributed by atoms with van der Waals surface area (Å²) in [5, 5.41) is 17.4. The Balaban J connectivity index is 0.000000209. The van der Waals surface area contributed by atoms with Crippen LogP contribution in [0.25, 0.3) is 11.3 Å². The number of benzene rings is 1. The van der Waals surface area contributed by atoms with Crippen molar-refractivity contribution in [2.75, 3.05) is 0 Å². The van der Waals surface area contributed by atoms with Gasteiger partial charge in [-0.15, -0.1) is 0 Å². The van der Waals surface area contributed by atoms with Crippen LogP contribution >= 0.6 is 11.6 Å². The number of halogens is 2. The number of carbonyl (C=O) groups is 2. The van der Waals surface area contributed by atoms with E-state index in [2.05, 4.69) is 9.97 Å². The summed E-state index contributed by atoms with van der Waals surface area (Å²) in [5.74, 6) is -2.37. The second-order valence-corrected chi connectivity index (χ2v) is 5.31. The number of carboxylic acids is 2. The molecule has 0 unspecified atom stereocenters. The zero-order valence-electron chi connectivity index (χ0n) is 13.1. The molecule has 6 nitrogen and oxygen atoms in total. The number of pyridine rings is 2. The maximum atomic E-state index is 12.9. The normalized spacial score (nSPS) is 9.77.